The Morgan fingerprint density at radius 1 is 1.42 bits per heavy atom. The number of benzene rings is 1. The van der Waals surface area contributed by atoms with E-state index in [0.29, 0.717) is 17.7 Å². The maximum absolute atomic E-state index is 12.0. The fourth-order valence-corrected chi connectivity index (χ4v) is 2.03. The first kappa shape index (κ1) is 16.2. The highest BCUT2D eigenvalue weighted by atomic mass is 127. The number of amides is 1. The lowest BCUT2D eigenvalue weighted by Crippen LogP contribution is -2.37. The summed E-state index contributed by atoms with van der Waals surface area (Å²) in [6, 6.07) is 6.86. The molecule has 5 nitrogen and oxygen atoms in total. The van der Waals surface area contributed by atoms with Gasteiger partial charge in [0.2, 0.25) is 0 Å². The van der Waals surface area contributed by atoms with E-state index in [1.165, 1.54) is 0 Å². The minimum atomic E-state index is -0.376. The van der Waals surface area contributed by atoms with Crippen LogP contribution in [0.5, 0.6) is 5.75 Å². The molecule has 0 saturated carbocycles. The smallest absolute Gasteiger partial charge is 0.253 e. The number of methoxy groups -OCH3 is 1. The summed E-state index contributed by atoms with van der Waals surface area (Å²) in [5, 5.41) is 11.5. The van der Waals surface area contributed by atoms with Gasteiger partial charge in [0.05, 0.1) is 20.3 Å². The second-order valence-corrected chi connectivity index (χ2v) is 4.84. The van der Waals surface area contributed by atoms with Crippen LogP contribution in [0.3, 0.4) is 0 Å². The quantitative estimate of drug-likeness (QED) is 0.409. The molecule has 6 heteroatoms. The van der Waals surface area contributed by atoms with Gasteiger partial charge in [0, 0.05) is 16.4 Å². The molecular weight excluding hydrogens is 361 g/mol. The van der Waals surface area contributed by atoms with Gasteiger partial charge >= 0.3 is 0 Å². The normalized spacial score (nSPS) is 11.9. The number of hydrogen-bond acceptors (Lipinski definition) is 4. The lowest BCUT2D eigenvalue weighted by atomic mass is 10.2. The van der Waals surface area contributed by atoms with Gasteiger partial charge in [-0.05, 0) is 24.3 Å². The van der Waals surface area contributed by atoms with Crippen LogP contribution in [-0.2, 0) is 4.74 Å². The summed E-state index contributed by atoms with van der Waals surface area (Å²) in [7, 11) is 1.58. The number of aliphatic hydroxyl groups is 1. The van der Waals surface area contributed by atoms with E-state index in [9.17, 15) is 4.79 Å². The average molecular weight is 379 g/mol. The monoisotopic (exact) mass is 379 g/mol. The van der Waals surface area contributed by atoms with Crippen molar-refractivity contribution in [3.8, 4) is 5.75 Å². The van der Waals surface area contributed by atoms with Crippen LogP contribution in [0, 0.1) is 0 Å². The summed E-state index contributed by atoms with van der Waals surface area (Å²) >= 11 is 2.21. The number of halogens is 1. The van der Waals surface area contributed by atoms with Gasteiger partial charge in [-0.15, -0.1) is 0 Å². The lowest BCUT2D eigenvalue weighted by molar-refractivity contribution is 0.00929. The highest BCUT2D eigenvalue weighted by molar-refractivity contribution is 14.1. The molecule has 0 aliphatic rings. The van der Waals surface area contributed by atoms with Crippen molar-refractivity contribution in [1.29, 1.82) is 0 Å². The Hall–Kier alpha value is -0.860. The number of carbonyl (C=O) groups is 1. The summed E-state index contributed by atoms with van der Waals surface area (Å²) in [6.07, 6.45) is 0.321. The Labute approximate surface area is 126 Å². The third kappa shape index (κ3) is 5.75. The zero-order valence-electron chi connectivity index (χ0n) is 10.8. The van der Waals surface area contributed by atoms with Crippen molar-refractivity contribution in [2.24, 2.45) is 0 Å². The maximum Gasteiger partial charge on any atom is 0.253 e. The zero-order valence-corrected chi connectivity index (χ0v) is 12.9. The molecule has 1 aromatic rings. The van der Waals surface area contributed by atoms with Crippen LogP contribution in [0.4, 0.5) is 0 Å². The number of ether oxygens (including phenoxy) is 2. The van der Waals surface area contributed by atoms with Gasteiger partial charge < -0.3 is 19.9 Å². The molecule has 2 N–H and O–H groups in total. The number of carbonyl (C=O) groups excluding carboxylic acids is 1. The number of aliphatic hydroxyl groups excluding tert-OH is 1. The largest absolute Gasteiger partial charge is 0.497 e. The summed E-state index contributed by atoms with van der Waals surface area (Å²) in [6.45, 7) is 0.153. The molecule has 0 aromatic heterocycles. The van der Waals surface area contributed by atoms with Gasteiger partial charge in [-0.3, -0.25) is 4.79 Å². The maximum atomic E-state index is 12.0. The van der Waals surface area contributed by atoms with E-state index in [2.05, 4.69) is 27.9 Å². The van der Waals surface area contributed by atoms with E-state index in [0.717, 1.165) is 4.43 Å². The van der Waals surface area contributed by atoms with Crippen LogP contribution in [0.15, 0.2) is 24.3 Å². The van der Waals surface area contributed by atoms with Crippen LogP contribution in [0.1, 0.15) is 16.8 Å². The summed E-state index contributed by atoms with van der Waals surface area (Å²) in [5.41, 5.74) is 0.548. The fourth-order valence-electron chi connectivity index (χ4n) is 1.46. The highest BCUT2D eigenvalue weighted by Crippen LogP contribution is 2.11. The van der Waals surface area contributed by atoms with Crippen molar-refractivity contribution in [2.45, 2.75) is 12.6 Å². The van der Waals surface area contributed by atoms with E-state index in [-0.39, 0.29) is 25.3 Å². The van der Waals surface area contributed by atoms with E-state index in [1.54, 1.807) is 31.4 Å². The SMILES string of the molecule is COc1ccc(C(=O)NC(CCI)OCCO)cc1. The molecule has 106 valence electrons. The molecule has 1 aromatic carbocycles. The average Bonchev–Trinajstić information content (AvgIpc) is 2.45. The van der Waals surface area contributed by atoms with Gasteiger partial charge in [0.15, 0.2) is 0 Å². The molecule has 1 amide bonds. The van der Waals surface area contributed by atoms with Gasteiger partial charge in [-0.2, -0.15) is 0 Å². The Kier molecular flexibility index (Phi) is 7.76. The van der Waals surface area contributed by atoms with E-state index in [1.807, 2.05) is 0 Å². The van der Waals surface area contributed by atoms with Crippen LogP contribution >= 0.6 is 22.6 Å². The van der Waals surface area contributed by atoms with Crippen LogP contribution in [0.25, 0.3) is 0 Å². The minimum absolute atomic E-state index is 0.0594. The second kappa shape index (κ2) is 9.11. The summed E-state index contributed by atoms with van der Waals surface area (Å²) in [5.74, 6) is 0.507. The van der Waals surface area contributed by atoms with Crippen molar-refractivity contribution in [2.75, 3.05) is 24.8 Å². The van der Waals surface area contributed by atoms with E-state index < -0.39 is 0 Å². The molecule has 1 unspecified atom stereocenters. The highest BCUT2D eigenvalue weighted by Gasteiger charge is 2.13. The molecule has 0 saturated heterocycles. The van der Waals surface area contributed by atoms with Crippen molar-refractivity contribution < 1.29 is 19.4 Å². The van der Waals surface area contributed by atoms with Crippen molar-refractivity contribution in [3.05, 3.63) is 29.8 Å². The van der Waals surface area contributed by atoms with Crippen LogP contribution < -0.4 is 10.1 Å². The third-order valence-corrected chi connectivity index (χ3v) is 3.05. The van der Waals surface area contributed by atoms with Gasteiger partial charge in [0.1, 0.15) is 12.0 Å². The Bertz CT molecular complexity index is 383. The Morgan fingerprint density at radius 3 is 2.63 bits per heavy atom. The van der Waals surface area contributed by atoms with Crippen molar-refractivity contribution >= 4 is 28.5 Å². The lowest BCUT2D eigenvalue weighted by Gasteiger charge is -2.18. The summed E-state index contributed by atoms with van der Waals surface area (Å²) in [4.78, 5) is 12.0. The molecule has 0 heterocycles. The standard InChI is InChI=1S/C13H18INO4/c1-18-11-4-2-10(3-5-11)13(17)15-12(6-7-14)19-9-8-16/h2-5,12,16H,6-9H2,1H3,(H,15,17). The van der Waals surface area contributed by atoms with E-state index in [4.69, 9.17) is 14.6 Å². The molecule has 0 fully saturated rings. The molecule has 1 rings (SSSR count). The number of alkyl halides is 1. The van der Waals surface area contributed by atoms with Crippen molar-refractivity contribution in [1.82, 2.24) is 5.32 Å². The predicted octanol–water partition coefficient (Wildman–Crippen LogP) is 1.59. The van der Waals surface area contributed by atoms with Gasteiger partial charge in [-0.1, -0.05) is 22.6 Å². The Balaban J connectivity index is 2.58. The van der Waals surface area contributed by atoms with Crippen LogP contribution in [-0.4, -0.2) is 42.0 Å². The number of nitrogens with one attached hydrogen (secondary N) is 1. The molecule has 19 heavy (non-hydrogen) atoms. The molecular formula is C13H18INO4. The molecule has 0 radical (unpaired) electrons. The van der Waals surface area contributed by atoms with Gasteiger partial charge in [-0.25, -0.2) is 0 Å². The first-order chi connectivity index (χ1) is 9.21. The summed E-state index contributed by atoms with van der Waals surface area (Å²) < 4.78 is 11.3. The Morgan fingerprint density at radius 2 is 2.11 bits per heavy atom. The third-order valence-electron chi connectivity index (χ3n) is 2.43. The van der Waals surface area contributed by atoms with E-state index >= 15 is 0 Å². The minimum Gasteiger partial charge on any atom is -0.497 e. The molecule has 0 spiro atoms. The zero-order chi connectivity index (χ0) is 14.1. The molecule has 0 aliphatic carbocycles. The second-order valence-electron chi connectivity index (χ2n) is 3.76. The van der Waals surface area contributed by atoms with Crippen LogP contribution in [0.2, 0.25) is 0 Å². The number of hydrogen-bond donors (Lipinski definition) is 2. The van der Waals surface area contributed by atoms with Gasteiger partial charge in [0.25, 0.3) is 5.91 Å². The predicted molar refractivity (Wildman–Crippen MR) is 80.8 cm³/mol. The fraction of sp³-hybridized carbons (Fsp3) is 0.462. The van der Waals surface area contributed by atoms with Crippen molar-refractivity contribution in [3.63, 3.8) is 0 Å². The first-order valence-corrected chi connectivity index (χ1v) is 7.47. The topological polar surface area (TPSA) is 67.8 Å². The first-order valence-electron chi connectivity index (χ1n) is 5.94. The molecule has 0 aliphatic heterocycles. The number of rotatable bonds is 8. The molecule has 0 bridgehead atoms. The molecule has 1 atom stereocenters.